The fourth-order valence-electron chi connectivity index (χ4n) is 0.561. The lowest BCUT2D eigenvalue weighted by atomic mass is 10.2. The van der Waals surface area contributed by atoms with E-state index in [9.17, 15) is 4.79 Å². The smallest absolute Gasteiger partial charge is 0.336 e. The Bertz CT molecular complexity index is 129. The molecule has 0 fully saturated rings. The van der Waals surface area contributed by atoms with Crippen molar-refractivity contribution < 1.29 is 14.7 Å². The van der Waals surface area contributed by atoms with E-state index in [0.717, 1.165) is 0 Å². The molecule has 0 radical (unpaired) electrons. The normalized spacial score (nSPS) is 15.5. The summed E-state index contributed by atoms with van der Waals surface area (Å²) in [6.45, 7) is 3.46. The van der Waals surface area contributed by atoms with Crippen LogP contribution in [-0.4, -0.2) is 23.3 Å². The zero-order chi connectivity index (χ0) is 8.85. The van der Waals surface area contributed by atoms with Gasteiger partial charge in [-0.15, -0.1) is 0 Å². The van der Waals surface area contributed by atoms with Gasteiger partial charge in [0.05, 0.1) is 6.10 Å². The van der Waals surface area contributed by atoms with Crippen LogP contribution in [0.3, 0.4) is 0 Å². The van der Waals surface area contributed by atoms with Crippen molar-refractivity contribution >= 4 is 6.03 Å². The van der Waals surface area contributed by atoms with E-state index in [2.05, 4.69) is 4.84 Å². The molecule has 0 saturated heterocycles. The second-order valence-electron chi connectivity index (χ2n) is 2.26. The number of hydrogen-bond donors (Lipinski definition) is 3. The average molecular weight is 162 g/mol. The number of carbonyl (C=O) groups is 1. The van der Waals surface area contributed by atoms with E-state index < -0.39 is 18.2 Å². The summed E-state index contributed by atoms with van der Waals surface area (Å²) in [6, 6.07) is -0.764. The maximum Gasteiger partial charge on any atom is 0.336 e. The van der Waals surface area contributed by atoms with Gasteiger partial charge in [-0.2, -0.15) is 0 Å². The number of carbonyl (C=O) groups excluding carboxylic acids is 1. The van der Waals surface area contributed by atoms with Crippen LogP contribution >= 0.6 is 0 Å². The Morgan fingerprint density at radius 1 is 1.82 bits per heavy atom. The molecular weight excluding hydrogens is 148 g/mol. The quantitative estimate of drug-likeness (QED) is 0.498. The maximum absolute atomic E-state index is 10.1. The number of nitrogens with one attached hydrogen (secondary N) is 1. The molecule has 0 aromatic rings. The molecule has 2 atom stereocenters. The third-order valence-electron chi connectivity index (χ3n) is 1.31. The van der Waals surface area contributed by atoms with Gasteiger partial charge in [-0.1, -0.05) is 6.92 Å². The molecule has 0 heterocycles. The molecule has 0 spiro atoms. The van der Waals surface area contributed by atoms with Crippen molar-refractivity contribution in [2.45, 2.75) is 32.5 Å². The van der Waals surface area contributed by atoms with Crippen molar-refractivity contribution in [1.29, 1.82) is 0 Å². The number of urea groups is 1. The fourth-order valence-corrected chi connectivity index (χ4v) is 0.561. The summed E-state index contributed by atoms with van der Waals surface area (Å²) in [6.07, 6.45) is -0.448. The molecule has 5 heteroatoms. The van der Waals surface area contributed by atoms with E-state index in [1.54, 1.807) is 6.92 Å². The summed E-state index contributed by atoms with van der Waals surface area (Å²) in [5, 5.41) is 9.12. The highest BCUT2D eigenvalue weighted by molar-refractivity contribution is 5.70. The zero-order valence-electron chi connectivity index (χ0n) is 6.70. The molecular formula is C6H14N2O3. The highest BCUT2D eigenvalue weighted by Gasteiger charge is 2.12. The van der Waals surface area contributed by atoms with Gasteiger partial charge in [-0.3, -0.25) is 4.84 Å². The first-order valence-electron chi connectivity index (χ1n) is 3.47. The monoisotopic (exact) mass is 162 g/mol. The minimum Gasteiger partial charge on any atom is -0.390 e. The van der Waals surface area contributed by atoms with Crippen LogP contribution in [0.4, 0.5) is 4.79 Å². The van der Waals surface area contributed by atoms with Crippen LogP contribution in [0.1, 0.15) is 20.3 Å². The number of primary amides is 1. The summed E-state index contributed by atoms with van der Waals surface area (Å²) in [4.78, 5) is 14.8. The standard InChI is InChI=1S/C6H14N2O3/c1-3-5(9)4(2)11-8-6(7)10/h4-5,9H,3H2,1-2H3,(H3,7,8,10). The molecule has 0 aliphatic rings. The Morgan fingerprint density at radius 3 is 2.73 bits per heavy atom. The summed E-state index contributed by atoms with van der Waals surface area (Å²) < 4.78 is 0. The summed E-state index contributed by atoms with van der Waals surface area (Å²) in [7, 11) is 0. The van der Waals surface area contributed by atoms with Crippen LogP contribution in [0, 0.1) is 0 Å². The van der Waals surface area contributed by atoms with Crippen molar-refractivity contribution in [3.63, 3.8) is 0 Å². The van der Waals surface area contributed by atoms with Gasteiger partial charge in [0.2, 0.25) is 0 Å². The number of rotatable bonds is 4. The molecule has 0 saturated carbocycles. The van der Waals surface area contributed by atoms with Gasteiger partial charge in [0, 0.05) is 0 Å². The van der Waals surface area contributed by atoms with Crippen LogP contribution in [0.5, 0.6) is 0 Å². The Morgan fingerprint density at radius 2 is 2.36 bits per heavy atom. The second-order valence-corrected chi connectivity index (χ2v) is 2.26. The van der Waals surface area contributed by atoms with Crippen LogP contribution in [0.2, 0.25) is 0 Å². The first-order valence-corrected chi connectivity index (χ1v) is 3.47. The molecule has 5 nitrogen and oxygen atoms in total. The molecule has 4 N–H and O–H groups in total. The Balaban J connectivity index is 3.51. The lowest BCUT2D eigenvalue weighted by Gasteiger charge is -2.16. The first kappa shape index (κ1) is 10.2. The molecule has 0 aromatic carbocycles. The van der Waals surface area contributed by atoms with Gasteiger partial charge >= 0.3 is 6.03 Å². The largest absolute Gasteiger partial charge is 0.390 e. The van der Waals surface area contributed by atoms with Crippen LogP contribution in [-0.2, 0) is 4.84 Å². The van der Waals surface area contributed by atoms with E-state index in [-0.39, 0.29) is 0 Å². The van der Waals surface area contributed by atoms with Gasteiger partial charge in [0.15, 0.2) is 0 Å². The highest BCUT2D eigenvalue weighted by Crippen LogP contribution is 1.99. The number of aliphatic hydroxyl groups is 1. The number of amides is 2. The van der Waals surface area contributed by atoms with Crippen molar-refractivity contribution in [2.75, 3.05) is 0 Å². The Labute approximate surface area is 65.5 Å². The maximum atomic E-state index is 10.1. The number of aliphatic hydroxyl groups excluding tert-OH is 1. The summed E-state index contributed by atoms with van der Waals surface area (Å²) >= 11 is 0. The molecule has 0 aliphatic heterocycles. The molecule has 0 rings (SSSR count). The van der Waals surface area contributed by atoms with Gasteiger partial charge in [-0.25, -0.2) is 10.3 Å². The molecule has 0 bridgehead atoms. The van der Waals surface area contributed by atoms with Crippen molar-refractivity contribution in [1.82, 2.24) is 5.48 Å². The van der Waals surface area contributed by atoms with Gasteiger partial charge in [0.25, 0.3) is 0 Å². The third kappa shape index (κ3) is 4.58. The Hall–Kier alpha value is -0.810. The van der Waals surface area contributed by atoms with E-state index in [0.29, 0.717) is 6.42 Å². The molecule has 0 aliphatic carbocycles. The molecule has 2 unspecified atom stereocenters. The fraction of sp³-hybridized carbons (Fsp3) is 0.833. The third-order valence-corrected chi connectivity index (χ3v) is 1.31. The van der Waals surface area contributed by atoms with Gasteiger partial charge in [0.1, 0.15) is 6.10 Å². The van der Waals surface area contributed by atoms with Gasteiger partial charge in [-0.05, 0) is 13.3 Å². The van der Waals surface area contributed by atoms with Crippen LogP contribution in [0.15, 0.2) is 0 Å². The van der Waals surface area contributed by atoms with E-state index in [1.807, 2.05) is 12.4 Å². The van der Waals surface area contributed by atoms with Crippen LogP contribution in [0.25, 0.3) is 0 Å². The van der Waals surface area contributed by atoms with Crippen molar-refractivity contribution in [3.05, 3.63) is 0 Å². The average Bonchev–Trinajstić information content (AvgIpc) is 1.98. The van der Waals surface area contributed by atoms with Crippen molar-refractivity contribution in [3.8, 4) is 0 Å². The molecule has 2 amide bonds. The lowest BCUT2D eigenvalue weighted by molar-refractivity contribution is -0.0617. The Kier molecular flexibility index (Phi) is 4.56. The topological polar surface area (TPSA) is 84.6 Å². The SMILES string of the molecule is CCC(O)C(C)ONC(N)=O. The van der Waals surface area contributed by atoms with E-state index in [1.165, 1.54) is 0 Å². The van der Waals surface area contributed by atoms with E-state index in [4.69, 9.17) is 10.8 Å². The minimum absolute atomic E-state index is 0.438. The highest BCUT2D eigenvalue weighted by atomic mass is 16.7. The predicted octanol–water partition coefficient (Wildman–Crippen LogP) is -0.254. The van der Waals surface area contributed by atoms with E-state index >= 15 is 0 Å². The number of hydrogen-bond acceptors (Lipinski definition) is 3. The minimum atomic E-state index is -0.764. The molecule has 66 valence electrons. The molecule has 11 heavy (non-hydrogen) atoms. The van der Waals surface area contributed by atoms with Crippen LogP contribution < -0.4 is 11.2 Å². The first-order chi connectivity index (χ1) is 5.07. The summed E-state index contributed by atoms with van der Waals surface area (Å²) in [5.41, 5.74) is 6.67. The van der Waals surface area contributed by atoms with Crippen molar-refractivity contribution in [2.24, 2.45) is 5.73 Å². The van der Waals surface area contributed by atoms with Gasteiger partial charge < -0.3 is 10.8 Å². The predicted molar refractivity (Wildman–Crippen MR) is 39.6 cm³/mol. The summed E-state index contributed by atoms with van der Waals surface area (Å²) in [5.74, 6) is 0. The number of nitrogens with two attached hydrogens (primary N) is 1. The zero-order valence-corrected chi connectivity index (χ0v) is 6.70. The molecule has 0 aromatic heterocycles. The second kappa shape index (κ2) is 4.92. The number of hydroxylamine groups is 1. The lowest BCUT2D eigenvalue weighted by Crippen LogP contribution is -2.37.